The Morgan fingerprint density at radius 3 is 1.39 bits per heavy atom. The van der Waals surface area contributed by atoms with Crippen molar-refractivity contribution in [3.05, 3.63) is 60.2 Å². The second-order valence-corrected chi connectivity index (χ2v) is 17.1. The van der Waals surface area contributed by atoms with Gasteiger partial charge < -0.3 is 12.6 Å². The molecule has 0 bridgehead atoms. The van der Waals surface area contributed by atoms with Crippen LogP contribution in [0.15, 0.2) is 64.5 Å². The van der Waals surface area contributed by atoms with Crippen LogP contribution < -0.4 is 0 Å². The largest absolute Gasteiger partial charge is 0.779 e. The third kappa shape index (κ3) is 27.9. The maximum absolute atomic E-state index is 5.18. The van der Waals surface area contributed by atoms with Gasteiger partial charge >= 0.3 is 0 Å². The van der Waals surface area contributed by atoms with Crippen LogP contribution in [0.25, 0.3) is 0 Å². The van der Waals surface area contributed by atoms with E-state index >= 15 is 0 Å². The minimum absolute atomic E-state index is 0. The molecule has 0 atom stereocenters. The van der Waals surface area contributed by atoms with E-state index in [1.807, 2.05) is 54.6 Å². The minimum Gasteiger partial charge on any atom is -0.779 e. The van der Waals surface area contributed by atoms with E-state index in [1.165, 1.54) is 0 Å². The molecule has 0 N–H and O–H groups in total. The van der Waals surface area contributed by atoms with Crippen LogP contribution in [0.4, 0.5) is 5.69 Å². The van der Waals surface area contributed by atoms with Gasteiger partial charge in [-0.25, -0.2) is 0 Å². The molecule has 0 saturated carbocycles. The van der Waals surface area contributed by atoms with E-state index in [1.54, 1.807) is 6.21 Å². The third-order valence-corrected chi connectivity index (χ3v) is 2.40. The molecule has 0 amide bonds. The molecular weight excluding hydrogens is 442 g/mol. The number of hydrogen-bond acceptors (Lipinski definition) is 2. The Balaban J connectivity index is -0.000000401. The average Bonchev–Trinajstić information content (AvgIpc) is 2.53. The first-order chi connectivity index (χ1) is 12.6. The number of hydrogen-bond donors (Lipinski definition) is 0. The van der Waals surface area contributed by atoms with Crippen molar-refractivity contribution in [1.82, 2.24) is 0 Å². The molecule has 2 rings (SSSR count). The summed E-state index contributed by atoms with van der Waals surface area (Å²) in [6, 6.07) is 17.6. The van der Waals surface area contributed by atoms with Gasteiger partial charge in [0.1, 0.15) is 0 Å². The van der Waals surface area contributed by atoms with Gasteiger partial charge in [-0.15, -0.1) is 0 Å². The summed E-state index contributed by atoms with van der Waals surface area (Å²) in [6.45, 7) is 20.4. The van der Waals surface area contributed by atoms with E-state index in [9.17, 15) is 0 Å². The molecular formula is C22H37NSSi3Ti-. The Morgan fingerprint density at radius 1 is 0.643 bits per heavy atom. The zero-order valence-electron chi connectivity index (χ0n) is 19.1. The fourth-order valence-electron chi connectivity index (χ4n) is 1.25. The van der Waals surface area contributed by atoms with Gasteiger partial charge in [-0.05, 0) is 17.7 Å². The fourth-order valence-corrected chi connectivity index (χ4v) is 1.44. The Bertz CT molecular complexity index is 583. The maximum Gasteiger partial charge on any atom is 0.0629 e. The number of aliphatic imine (C=N–C) groups is 1. The fraction of sp³-hybridized carbons (Fsp3) is 0.409. The molecule has 3 radical (unpaired) electrons. The molecule has 0 aromatic heterocycles. The first-order valence-electron chi connectivity index (χ1n) is 9.21. The van der Waals surface area contributed by atoms with Crippen molar-refractivity contribution in [2.75, 3.05) is 0 Å². The maximum atomic E-state index is 5.18. The molecule has 6 heteroatoms. The van der Waals surface area contributed by atoms with Gasteiger partial charge in [0.15, 0.2) is 0 Å². The Kier molecular flexibility index (Phi) is 24.7. The van der Waals surface area contributed by atoms with Crippen molar-refractivity contribution < 1.29 is 21.7 Å². The Morgan fingerprint density at radius 2 is 1.00 bits per heavy atom. The molecule has 0 aliphatic carbocycles. The number of nitrogens with zero attached hydrogens (tertiary/aromatic N) is 1. The zero-order valence-corrected chi connectivity index (χ0v) is 24.5. The Labute approximate surface area is 200 Å². The monoisotopic (exact) mass is 479 g/mol. The first-order valence-corrected chi connectivity index (χ1v) is 18.6. The van der Waals surface area contributed by atoms with E-state index in [0.717, 1.165) is 16.1 Å². The van der Waals surface area contributed by atoms with Gasteiger partial charge in [0.2, 0.25) is 0 Å². The summed E-state index contributed by atoms with van der Waals surface area (Å²) >= 11 is 5.18. The van der Waals surface area contributed by atoms with Crippen molar-refractivity contribution in [3.63, 3.8) is 0 Å². The van der Waals surface area contributed by atoms with Crippen LogP contribution in [0.5, 0.6) is 0 Å². The van der Waals surface area contributed by atoms with E-state index in [2.05, 4.69) is 63.9 Å². The summed E-state index contributed by atoms with van der Waals surface area (Å²) < 4.78 is 0. The van der Waals surface area contributed by atoms with Gasteiger partial charge in [-0.1, -0.05) is 101 Å². The van der Waals surface area contributed by atoms with Crippen molar-refractivity contribution in [2.45, 2.75) is 63.8 Å². The molecule has 2 aromatic rings. The molecule has 0 spiro atoms. The van der Waals surface area contributed by atoms with Crippen molar-refractivity contribution in [1.29, 1.82) is 0 Å². The molecule has 153 valence electrons. The van der Waals surface area contributed by atoms with Gasteiger partial charge in [0.05, 0.1) is 5.69 Å². The van der Waals surface area contributed by atoms with Crippen molar-refractivity contribution in [2.24, 2.45) is 4.99 Å². The topological polar surface area (TPSA) is 12.4 Å². The number of benzene rings is 2. The van der Waals surface area contributed by atoms with Gasteiger partial charge in [-0.2, -0.15) is 4.90 Å². The van der Waals surface area contributed by atoms with Crippen LogP contribution in [0.1, 0.15) is 5.56 Å². The van der Waals surface area contributed by atoms with E-state index in [0.29, 0.717) is 0 Å². The summed E-state index contributed by atoms with van der Waals surface area (Å²) in [4.78, 5) is 5.18. The predicted molar refractivity (Wildman–Crippen MR) is 136 cm³/mol. The second-order valence-electron chi connectivity index (χ2n) is 7.63. The minimum atomic E-state index is 0. The summed E-state index contributed by atoms with van der Waals surface area (Å²) in [6.07, 6.45) is 1.80. The third-order valence-electron chi connectivity index (χ3n) is 2.03. The van der Waals surface area contributed by atoms with E-state index in [-0.39, 0.29) is 48.1 Å². The molecule has 0 unspecified atom stereocenters. The van der Waals surface area contributed by atoms with Crippen LogP contribution in [0, 0.1) is 0 Å². The molecule has 2 aromatic carbocycles. The molecule has 0 fully saturated rings. The quantitative estimate of drug-likeness (QED) is 0.247. The summed E-state index contributed by atoms with van der Waals surface area (Å²) in [5, 5.41) is 0. The molecule has 0 aliphatic heterocycles. The summed E-state index contributed by atoms with van der Waals surface area (Å²) in [7, 11) is 0.361. The zero-order chi connectivity index (χ0) is 21.2. The standard InChI is InChI=1S/C13H11NS.3C3H9Si.Ti/c15-13-9-5-4-6-11(13)10-14-12-7-2-1-3-8-12;3*1-4(2)3;/h1-10,15H;3*1-3H3;/p-1. The van der Waals surface area contributed by atoms with Crippen LogP contribution >= 0.6 is 0 Å². The summed E-state index contributed by atoms with van der Waals surface area (Å²) in [5.41, 5.74) is 1.92. The first kappa shape index (κ1) is 32.4. The Hall–Kier alpha value is -0.305. The molecule has 28 heavy (non-hydrogen) atoms. The molecule has 0 aliphatic rings. The average molecular weight is 480 g/mol. The van der Waals surface area contributed by atoms with Crippen molar-refractivity contribution >= 4 is 50.9 Å². The summed E-state index contributed by atoms with van der Waals surface area (Å²) in [5.74, 6) is 0. The van der Waals surface area contributed by atoms with E-state index < -0.39 is 0 Å². The predicted octanol–water partition coefficient (Wildman–Crippen LogP) is 7.45. The van der Waals surface area contributed by atoms with Crippen LogP contribution in [0.3, 0.4) is 0 Å². The van der Waals surface area contributed by atoms with Crippen LogP contribution in [-0.2, 0) is 34.3 Å². The van der Waals surface area contributed by atoms with Crippen LogP contribution in [0.2, 0.25) is 58.9 Å². The smallest absolute Gasteiger partial charge is 0.0629 e. The van der Waals surface area contributed by atoms with Gasteiger partial charge in [0, 0.05) is 54.3 Å². The normalized spacial score (nSPS) is 9.57. The molecule has 1 nitrogen and oxygen atoms in total. The van der Waals surface area contributed by atoms with E-state index in [4.69, 9.17) is 12.6 Å². The van der Waals surface area contributed by atoms with Crippen molar-refractivity contribution in [3.8, 4) is 0 Å². The molecule has 0 saturated heterocycles. The SMILES string of the molecule is C[Si](C)C.C[Si](C)C.C[Si](C)C.[S-]c1ccccc1C=Nc1ccccc1.[Ti]. The number of para-hydroxylation sites is 1. The van der Waals surface area contributed by atoms with Gasteiger partial charge in [-0.3, -0.25) is 4.99 Å². The number of rotatable bonds is 2. The molecule has 0 heterocycles. The van der Waals surface area contributed by atoms with Gasteiger partial charge in [0.25, 0.3) is 0 Å². The van der Waals surface area contributed by atoms with Crippen LogP contribution in [-0.4, -0.2) is 32.6 Å². The second kappa shape index (κ2) is 21.4.